The van der Waals surface area contributed by atoms with Gasteiger partial charge in [-0.2, -0.15) is 18.3 Å². The highest BCUT2D eigenvalue weighted by Crippen LogP contribution is 2.36. The molecule has 0 spiro atoms. The van der Waals surface area contributed by atoms with Crippen molar-refractivity contribution in [3.63, 3.8) is 0 Å². The van der Waals surface area contributed by atoms with Crippen LogP contribution in [-0.4, -0.2) is 27.3 Å². The van der Waals surface area contributed by atoms with Gasteiger partial charge in [-0.1, -0.05) is 30.4 Å². The average molecular weight is 524 g/mol. The van der Waals surface area contributed by atoms with Gasteiger partial charge in [0, 0.05) is 36.6 Å². The van der Waals surface area contributed by atoms with Crippen LogP contribution < -0.4 is 11.1 Å². The second-order valence-electron chi connectivity index (χ2n) is 9.56. The summed E-state index contributed by atoms with van der Waals surface area (Å²) in [6.07, 6.45) is 7.06. The topological polar surface area (TPSA) is 95.1 Å². The first kappa shape index (κ1) is 25.9. The molecule has 2 aliphatic carbocycles. The Kier molecular flexibility index (Phi) is 7.44. The van der Waals surface area contributed by atoms with Crippen LogP contribution >= 0.6 is 0 Å². The van der Waals surface area contributed by atoms with Gasteiger partial charge in [-0.05, 0) is 60.6 Å². The van der Waals surface area contributed by atoms with Crippen LogP contribution in [0.2, 0.25) is 0 Å². The monoisotopic (exact) mass is 523 g/mol. The summed E-state index contributed by atoms with van der Waals surface area (Å²) < 4.78 is 47.9. The fraction of sp³-hybridized carbons (Fsp3) is 0.321. The zero-order valence-corrected chi connectivity index (χ0v) is 20.6. The molecule has 3 aromatic rings. The highest BCUT2D eigenvalue weighted by Gasteiger charge is 2.36. The number of hydrogen-bond acceptors (Lipinski definition) is 5. The molecule has 38 heavy (non-hydrogen) atoms. The number of hydrogen-bond donors (Lipinski definition) is 2. The zero-order valence-electron chi connectivity index (χ0n) is 20.6. The van der Waals surface area contributed by atoms with E-state index >= 15 is 0 Å². The fourth-order valence-corrected chi connectivity index (χ4v) is 4.42. The Balaban J connectivity index is 1.41. The number of pyridine rings is 1. The molecule has 1 aromatic carbocycles. The lowest BCUT2D eigenvalue weighted by Gasteiger charge is -2.27. The van der Waals surface area contributed by atoms with Crippen LogP contribution in [0.5, 0.6) is 0 Å². The largest absolute Gasteiger partial charge is 0.435 e. The lowest BCUT2D eigenvalue weighted by Crippen LogP contribution is -2.27. The van der Waals surface area contributed by atoms with E-state index in [-0.39, 0.29) is 24.3 Å². The van der Waals surface area contributed by atoms with E-state index in [1.54, 1.807) is 42.7 Å². The number of aromatic nitrogens is 3. The summed E-state index contributed by atoms with van der Waals surface area (Å²) in [4.78, 5) is 17.5. The van der Waals surface area contributed by atoms with E-state index in [0.29, 0.717) is 35.9 Å². The van der Waals surface area contributed by atoms with Gasteiger partial charge in [-0.15, -0.1) is 0 Å². The van der Waals surface area contributed by atoms with Gasteiger partial charge >= 0.3 is 6.18 Å². The Labute approximate surface area is 218 Å². The molecule has 2 atom stereocenters. The third-order valence-corrected chi connectivity index (χ3v) is 6.59. The van der Waals surface area contributed by atoms with Crippen molar-refractivity contribution in [2.75, 3.05) is 6.61 Å². The normalized spacial score (nSPS) is 18.2. The van der Waals surface area contributed by atoms with Crippen LogP contribution in [0.1, 0.15) is 52.7 Å². The van der Waals surface area contributed by atoms with Crippen LogP contribution in [0.15, 0.2) is 78.8 Å². The quantitative estimate of drug-likeness (QED) is 0.407. The van der Waals surface area contributed by atoms with Crippen molar-refractivity contribution in [3.8, 4) is 5.69 Å². The summed E-state index contributed by atoms with van der Waals surface area (Å²) in [5.74, 6) is -0.230. The second kappa shape index (κ2) is 10.9. The Bertz CT molecular complexity index is 1350. The van der Waals surface area contributed by atoms with Gasteiger partial charge in [0.15, 0.2) is 5.69 Å². The number of benzene rings is 1. The standard InChI is InChI=1S/C28H28F3N5O2/c29-28(30,31)25-14-24(36(35-25)23-8-1-4-19(12-23)15-32)27(37)34-22-7-2-5-20(13-22)26(38-17-18-9-10-18)21-6-3-11-33-16-21/h1-4,6-8,11-14,16,18,20,26H,5,9-10,15,17,32H2,(H,34,37). The molecular formula is C28H28F3N5O2. The number of alkyl halides is 3. The third-order valence-electron chi connectivity index (χ3n) is 6.59. The highest BCUT2D eigenvalue weighted by atomic mass is 19.4. The van der Waals surface area contributed by atoms with E-state index in [4.69, 9.17) is 10.5 Å². The molecule has 2 heterocycles. The Morgan fingerprint density at radius 1 is 1.21 bits per heavy atom. The number of halogens is 3. The average Bonchev–Trinajstić information content (AvgIpc) is 3.63. The third kappa shape index (κ3) is 6.03. The number of nitrogens with one attached hydrogen (secondary N) is 1. The van der Waals surface area contributed by atoms with Crippen molar-refractivity contribution >= 4 is 5.91 Å². The molecule has 0 radical (unpaired) electrons. The Morgan fingerprint density at radius 3 is 2.76 bits per heavy atom. The molecule has 3 N–H and O–H groups in total. The summed E-state index contributed by atoms with van der Waals surface area (Å²) in [5.41, 5.74) is 6.72. The molecule has 10 heteroatoms. The van der Waals surface area contributed by atoms with Gasteiger partial charge in [0.25, 0.3) is 5.91 Å². The van der Waals surface area contributed by atoms with Crippen LogP contribution in [0.3, 0.4) is 0 Å². The maximum Gasteiger partial charge on any atom is 0.435 e. The number of carbonyl (C=O) groups is 1. The molecule has 1 fully saturated rings. The van der Waals surface area contributed by atoms with Gasteiger partial charge in [-0.3, -0.25) is 9.78 Å². The van der Waals surface area contributed by atoms with Crippen molar-refractivity contribution in [1.82, 2.24) is 20.1 Å². The lowest BCUT2D eigenvalue weighted by molar-refractivity contribution is -0.141. The summed E-state index contributed by atoms with van der Waals surface area (Å²) in [5, 5.41) is 6.46. The molecular weight excluding hydrogens is 495 g/mol. The number of allylic oxidation sites excluding steroid dienone is 2. The first-order valence-electron chi connectivity index (χ1n) is 12.5. The predicted molar refractivity (Wildman–Crippen MR) is 135 cm³/mol. The number of amides is 1. The van der Waals surface area contributed by atoms with E-state index in [2.05, 4.69) is 15.4 Å². The maximum atomic E-state index is 13.5. The van der Waals surface area contributed by atoms with Crippen LogP contribution in [-0.2, 0) is 17.5 Å². The van der Waals surface area contributed by atoms with Gasteiger partial charge in [0.05, 0.1) is 18.4 Å². The summed E-state index contributed by atoms with van der Waals surface area (Å²) in [6, 6.07) is 11.2. The molecule has 2 aromatic heterocycles. The van der Waals surface area contributed by atoms with Crippen molar-refractivity contribution < 1.29 is 22.7 Å². The number of carbonyl (C=O) groups excluding carboxylic acids is 1. The van der Waals surface area contributed by atoms with Gasteiger partial charge in [-0.25, -0.2) is 4.68 Å². The summed E-state index contributed by atoms with van der Waals surface area (Å²) >= 11 is 0. The van der Waals surface area contributed by atoms with Gasteiger partial charge in [0.2, 0.25) is 0 Å². The second-order valence-corrected chi connectivity index (χ2v) is 9.56. The van der Waals surface area contributed by atoms with E-state index < -0.39 is 17.8 Å². The molecule has 0 saturated heterocycles. The van der Waals surface area contributed by atoms with Crippen molar-refractivity contribution in [1.29, 1.82) is 0 Å². The maximum absolute atomic E-state index is 13.5. The van der Waals surface area contributed by atoms with E-state index in [1.807, 2.05) is 24.3 Å². The number of rotatable bonds is 9. The highest BCUT2D eigenvalue weighted by molar-refractivity contribution is 5.94. The molecule has 7 nitrogen and oxygen atoms in total. The molecule has 0 bridgehead atoms. The Hall–Kier alpha value is -3.76. The molecule has 1 saturated carbocycles. The SMILES string of the molecule is NCc1cccc(-n2nc(C(F)(F)F)cc2C(=O)NC2=CC(C(OCC3CC3)c3cccnc3)CC=C2)c1. The minimum Gasteiger partial charge on any atom is -0.373 e. The fourth-order valence-electron chi connectivity index (χ4n) is 4.42. The molecule has 2 aliphatic rings. The van der Waals surface area contributed by atoms with Crippen LogP contribution in [0.4, 0.5) is 13.2 Å². The van der Waals surface area contributed by atoms with Crippen molar-refractivity contribution in [2.24, 2.45) is 17.6 Å². The lowest BCUT2D eigenvalue weighted by atomic mass is 9.89. The Morgan fingerprint density at radius 2 is 2.05 bits per heavy atom. The first-order valence-corrected chi connectivity index (χ1v) is 12.5. The number of nitrogens with two attached hydrogens (primary N) is 1. The minimum absolute atomic E-state index is 0.0878. The van der Waals surface area contributed by atoms with Crippen molar-refractivity contribution in [3.05, 3.63) is 101 Å². The van der Waals surface area contributed by atoms with Gasteiger partial charge in [0.1, 0.15) is 5.69 Å². The summed E-state index contributed by atoms with van der Waals surface area (Å²) in [7, 11) is 0. The smallest absolute Gasteiger partial charge is 0.373 e. The molecule has 0 aliphatic heterocycles. The van der Waals surface area contributed by atoms with Crippen LogP contribution in [0, 0.1) is 11.8 Å². The van der Waals surface area contributed by atoms with E-state index in [1.165, 1.54) is 0 Å². The van der Waals surface area contributed by atoms with Crippen molar-refractivity contribution in [2.45, 2.75) is 38.1 Å². The zero-order chi connectivity index (χ0) is 26.7. The van der Waals surface area contributed by atoms with E-state index in [9.17, 15) is 18.0 Å². The molecule has 2 unspecified atom stereocenters. The molecule has 1 amide bonds. The molecule has 5 rings (SSSR count). The van der Waals surface area contributed by atoms with E-state index in [0.717, 1.165) is 29.2 Å². The van der Waals surface area contributed by atoms with Gasteiger partial charge < -0.3 is 15.8 Å². The number of ether oxygens (including phenoxy) is 1. The molecule has 198 valence electrons. The minimum atomic E-state index is -4.71. The predicted octanol–water partition coefficient (Wildman–Crippen LogP) is 5.10. The van der Waals surface area contributed by atoms with Crippen LogP contribution in [0.25, 0.3) is 5.69 Å². The first-order chi connectivity index (χ1) is 18.3. The number of nitrogens with zero attached hydrogens (tertiary/aromatic N) is 3. The summed E-state index contributed by atoms with van der Waals surface area (Å²) in [6.45, 7) is 0.847.